The quantitative estimate of drug-likeness (QED) is 0.821. The molecule has 0 bridgehead atoms. The van der Waals surface area contributed by atoms with Gasteiger partial charge in [0, 0.05) is 11.3 Å². The van der Waals surface area contributed by atoms with Crippen LogP contribution in [0.15, 0.2) is 18.2 Å². The van der Waals surface area contributed by atoms with Crippen molar-refractivity contribution in [3.05, 3.63) is 29.3 Å². The largest absolute Gasteiger partial charge is 0.496 e. The number of nitrogens with one attached hydrogen (secondary N) is 1. The normalized spacial score (nSPS) is 21.4. The van der Waals surface area contributed by atoms with E-state index in [-0.39, 0.29) is 12.0 Å². The zero-order chi connectivity index (χ0) is 17.0. The number of ether oxygens (including phenoxy) is 2. The molecule has 0 saturated carbocycles. The molecule has 0 amide bonds. The molecule has 2 atom stereocenters. The summed E-state index contributed by atoms with van der Waals surface area (Å²) in [5, 5.41) is 11.7. The Bertz CT molecular complexity index is 567. The Morgan fingerprint density at radius 3 is 2.78 bits per heavy atom. The molecule has 1 aromatic rings. The molecule has 5 nitrogen and oxygen atoms in total. The summed E-state index contributed by atoms with van der Waals surface area (Å²) in [6.07, 6.45) is -4.39. The summed E-state index contributed by atoms with van der Waals surface area (Å²) >= 11 is 1.43. The minimum Gasteiger partial charge on any atom is -0.496 e. The number of carbonyl (C=O) groups is 1. The number of alkyl halides is 3. The lowest BCUT2D eigenvalue weighted by Crippen LogP contribution is -2.33. The van der Waals surface area contributed by atoms with Crippen molar-refractivity contribution in [1.82, 2.24) is 5.32 Å². The first-order valence-corrected chi connectivity index (χ1v) is 7.77. The van der Waals surface area contributed by atoms with Crippen molar-refractivity contribution < 1.29 is 32.5 Å². The van der Waals surface area contributed by atoms with Crippen LogP contribution >= 0.6 is 11.8 Å². The summed E-state index contributed by atoms with van der Waals surface area (Å²) < 4.78 is 46.3. The molecule has 9 heteroatoms. The van der Waals surface area contributed by atoms with Crippen molar-refractivity contribution in [3.63, 3.8) is 0 Å². The predicted molar refractivity (Wildman–Crippen MR) is 78.5 cm³/mol. The van der Waals surface area contributed by atoms with E-state index in [0.29, 0.717) is 17.1 Å². The van der Waals surface area contributed by atoms with Gasteiger partial charge in [-0.2, -0.15) is 13.2 Å². The van der Waals surface area contributed by atoms with Crippen molar-refractivity contribution >= 4 is 17.7 Å². The Labute approximate surface area is 135 Å². The number of rotatable bonds is 6. The molecule has 128 valence electrons. The minimum absolute atomic E-state index is 0.233. The van der Waals surface area contributed by atoms with Gasteiger partial charge in [0.2, 0.25) is 0 Å². The van der Waals surface area contributed by atoms with Gasteiger partial charge in [-0.3, -0.25) is 10.1 Å². The number of carboxylic acid groups (broad SMARTS) is 1. The topological polar surface area (TPSA) is 67.8 Å². The average molecular weight is 351 g/mol. The number of methoxy groups -OCH3 is 1. The first-order valence-electron chi connectivity index (χ1n) is 6.72. The second-order valence-corrected chi connectivity index (χ2v) is 6.09. The maximum absolute atomic E-state index is 12.2. The molecule has 1 aromatic carbocycles. The van der Waals surface area contributed by atoms with E-state index in [4.69, 9.17) is 9.84 Å². The fourth-order valence-corrected chi connectivity index (χ4v) is 3.38. The minimum atomic E-state index is -4.39. The SMILES string of the molecule is COc1ccc([C@@H]2N[C@H](C(=O)O)CS2)cc1COCC(F)(F)F. The first-order chi connectivity index (χ1) is 10.8. The van der Waals surface area contributed by atoms with Crippen LogP contribution in [0.3, 0.4) is 0 Å². The highest BCUT2D eigenvalue weighted by Gasteiger charge is 2.31. The zero-order valence-corrected chi connectivity index (χ0v) is 13.0. The number of hydrogen-bond acceptors (Lipinski definition) is 5. The van der Waals surface area contributed by atoms with Crippen LogP contribution in [0.1, 0.15) is 16.5 Å². The van der Waals surface area contributed by atoms with Crippen LogP contribution in [0.25, 0.3) is 0 Å². The number of halogens is 3. The highest BCUT2D eigenvalue weighted by Crippen LogP contribution is 2.35. The predicted octanol–water partition coefficient (Wildman–Crippen LogP) is 2.56. The van der Waals surface area contributed by atoms with Crippen molar-refractivity contribution in [2.45, 2.75) is 24.2 Å². The molecule has 23 heavy (non-hydrogen) atoms. The summed E-state index contributed by atoms with van der Waals surface area (Å²) in [4.78, 5) is 11.0. The summed E-state index contributed by atoms with van der Waals surface area (Å²) in [7, 11) is 1.42. The van der Waals surface area contributed by atoms with E-state index in [1.165, 1.54) is 18.9 Å². The summed E-state index contributed by atoms with van der Waals surface area (Å²) in [6.45, 7) is -1.58. The molecule has 0 radical (unpaired) electrons. The number of thioether (sulfide) groups is 1. The molecule has 1 heterocycles. The van der Waals surface area contributed by atoms with E-state index < -0.39 is 24.8 Å². The highest BCUT2D eigenvalue weighted by molar-refractivity contribution is 7.99. The van der Waals surface area contributed by atoms with Gasteiger partial charge in [0.05, 0.1) is 19.1 Å². The first kappa shape index (κ1) is 17.9. The molecule has 1 aliphatic heterocycles. The van der Waals surface area contributed by atoms with Crippen molar-refractivity contribution in [1.29, 1.82) is 0 Å². The highest BCUT2D eigenvalue weighted by atomic mass is 32.2. The molecule has 1 saturated heterocycles. The fraction of sp³-hybridized carbons (Fsp3) is 0.500. The van der Waals surface area contributed by atoms with Crippen molar-refractivity contribution in [3.8, 4) is 5.75 Å². The van der Waals surface area contributed by atoms with Gasteiger partial charge in [-0.15, -0.1) is 11.8 Å². The van der Waals surface area contributed by atoms with Gasteiger partial charge in [0.1, 0.15) is 18.4 Å². The fourth-order valence-electron chi connectivity index (χ4n) is 2.16. The number of benzene rings is 1. The monoisotopic (exact) mass is 351 g/mol. The van der Waals surface area contributed by atoms with E-state index in [1.807, 2.05) is 0 Å². The Balaban J connectivity index is 2.08. The Morgan fingerprint density at radius 1 is 1.48 bits per heavy atom. The van der Waals surface area contributed by atoms with Crippen LogP contribution in [-0.2, 0) is 16.1 Å². The maximum Gasteiger partial charge on any atom is 0.411 e. The van der Waals surface area contributed by atoms with E-state index in [9.17, 15) is 18.0 Å². The van der Waals surface area contributed by atoms with Gasteiger partial charge in [-0.25, -0.2) is 0 Å². The molecule has 2 N–H and O–H groups in total. The lowest BCUT2D eigenvalue weighted by Gasteiger charge is -2.16. The van der Waals surface area contributed by atoms with Crippen LogP contribution in [0, 0.1) is 0 Å². The number of carboxylic acids is 1. The third kappa shape index (κ3) is 5.02. The Morgan fingerprint density at radius 2 is 2.22 bits per heavy atom. The van der Waals surface area contributed by atoms with Crippen LogP contribution in [0.2, 0.25) is 0 Å². The average Bonchev–Trinajstić information content (AvgIpc) is 2.96. The summed E-state index contributed by atoms with van der Waals surface area (Å²) in [6, 6.07) is 4.42. The lowest BCUT2D eigenvalue weighted by molar-refractivity contribution is -0.176. The van der Waals surface area contributed by atoms with Gasteiger partial charge in [-0.1, -0.05) is 6.07 Å². The van der Waals surface area contributed by atoms with Crippen LogP contribution < -0.4 is 10.1 Å². The molecule has 0 unspecified atom stereocenters. The third-order valence-corrected chi connectivity index (χ3v) is 4.48. The number of aliphatic carboxylic acids is 1. The Kier molecular flexibility index (Phi) is 5.77. The van der Waals surface area contributed by atoms with Crippen molar-refractivity contribution in [2.75, 3.05) is 19.5 Å². The van der Waals surface area contributed by atoms with Gasteiger partial charge >= 0.3 is 12.1 Å². The Hall–Kier alpha value is -1.45. The van der Waals surface area contributed by atoms with Gasteiger partial charge in [0.25, 0.3) is 0 Å². The van der Waals surface area contributed by atoms with Gasteiger partial charge in [0.15, 0.2) is 0 Å². The second-order valence-electron chi connectivity index (χ2n) is 4.95. The van der Waals surface area contributed by atoms with E-state index >= 15 is 0 Å². The van der Waals surface area contributed by atoms with Crippen LogP contribution in [0.5, 0.6) is 5.75 Å². The van der Waals surface area contributed by atoms with Crippen LogP contribution in [-0.4, -0.2) is 42.8 Å². The number of hydrogen-bond donors (Lipinski definition) is 2. The van der Waals surface area contributed by atoms with Crippen LogP contribution in [0.4, 0.5) is 13.2 Å². The van der Waals surface area contributed by atoms with Crippen molar-refractivity contribution in [2.24, 2.45) is 0 Å². The second kappa shape index (κ2) is 7.41. The molecule has 0 aliphatic carbocycles. The lowest BCUT2D eigenvalue weighted by atomic mass is 10.1. The molecule has 0 spiro atoms. The molecular weight excluding hydrogens is 335 g/mol. The molecular formula is C14H16F3NO4S. The van der Waals surface area contributed by atoms with E-state index in [0.717, 1.165) is 5.56 Å². The molecule has 2 rings (SSSR count). The molecule has 1 fully saturated rings. The standard InChI is InChI=1S/C14H16F3NO4S/c1-21-11-3-2-8(12-18-10(6-23-12)13(19)20)4-9(11)5-22-7-14(15,16)17/h2-4,10,12,18H,5-7H2,1H3,(H,19,20)/t10-,12+/m0/s1. The smallest absolute Gasteiger partial charge is 0.411 e. The third-order valence-electron chi connectivity index (χ3n) is 3.21. The summed E-state index contributed by atoms with van der Waals surface area (Å²) in [5.41, 5.74) is 1.25. The van der Waals surface area contributed by atoms with Gasteiger partial charge < -0.3 is 14.6 Å². The maximum atomic E-state index is 12.2. The van der Waals surface area contributed by atoms with Gasteiger partial charge in [-0.05, 0) is 17.7 Å². The molecule has 1 aliphatic rings. The summed E-state index contributed by atoms with van der Waals surface area (Å²) in [5.74, 6) is -0.0812. The van der Waals surface area contributed by atoms with E-state index in [2.05, 4.69) is 10.1 Å². The zero-order valence-electron chi connectivity index (χ0n) is 12.2. The van der Waals surface area contributed by atoms with E-state index in [1.54, 1.807) is 18.2 Å². The molecule has 0 aromatic heterocycles.